The molecule has 3 rings (SSSR count). The molecule has 2 N–H and O–H groups in total. The summed E-state index contributed by atoms with van der Waals surface area (Å²) in [7, 11) is 2.14. The van der Waals surface area contributed by atoms with Crippen LogP contribution < -0.4 is 15.5 Å². The van der Waals surface area contributed by atoms with Crippen molar-refractivity contribution in [2.24, 2.45) is 0 Å². The minimum Gasteiger partial charge on any atom is -0.354 e. The lowest BCUT2D eigenvalue weighted by molar-refractivity contribution is 0.240. The largest absolute Gasteiger partial charge is 0.354 e. The summed E-state index contributed by atoms with van der Waals surface area (Å²) in [4.78, 5) is 21.1. The number of hydrogen-bond acceptors (Lipinski definition) is 4. The molecular weight excluding hydrogens is 362 g/mol. The molecule has 2 aromatic rings. The van der Waals surface area contributed by atoms with Gasteiger partial charge in [-0.1, -0.05) is 29.8 Å². The average Bonchev–Trinajstić information content (AvgIpc) is 2.68. The van der Waals surface area contributed by atoms with E-state index in [-0.39, 0.29) is 6.03 Å². The first kappa shape index (κ1) is 19.5. The van der Waals surface area contributed by atoms with E-state index < -0.39 is 0 Å². The highest BCUT2D eigenvalue weighted by Gasteiger charge is 2.14. The lowest BCUT2D eigenvalue weighted by atomic mass is 10.1. The number of halogens is 1. The van der Waals surface area contributed by atoms with Gasteiger partial charge in [0.25, 0.3) is 0 Å². The van der Waals surface area contributed by atoms with Gasteiger partial charge in [0.15, 0.2) is 0 Å². The Bertz CT molecular complexity index is 744. The van der Waals surface area contributed by atoms with Crippen LogP contribution in [-0.4, -0.2) is 55.7 Å². The third-order valence-corrected chi connectivity index (χ3v) is 4.91. The molecule has 2 amide bonds. The van der Waals surface area contributed by atoms with Gasteiger partial charge in [0.2, 0.25) is 0 Å². The molecule has 0 aliphatic carbocycles. The molecule has 1 aliphatic heterocycles. The topological polar surface area (TPSA) is 60.5 Å². The Balaban J connectivity index is 1.38. The van der Waals surface area contributed by atoms with Gasteiger partial charge in [-0.05, 0) is 42.8 Å². The summed E-state index contributed by atoms with van der Waals surface area (Å²) < 4.78 is 0. The maximum absolute atomic E-state index is 11.9. The fraction of sp³-hybridized carbons (Fsp3) is 0.400. The lowest BCUT2D eigenvalue weighted by Crippen LogP contribution is -2.44. The van der Waals surface area contributed by atoms with Gasteiger partial charge in [0.05, 0.1) is 0 Å². The van der Waals surface area contributed by atoms with Crippen LogP contribution in [0, 0.1) is 0 Å². The van der Waals surface area contributed by atoms with Gasteiger partial charge in [-0.3, -0.25) is 0 Å². The number of likely N-dealkylation sites (N-methyl/N-ethyl adjacent to an activating group) is 1. The predicted octanol–water partition coefficient (Wildman–Crippen LogP) is 2.53. The van der Waals surface area contributed by atoms with Gasteiger partial charge in [-0.25, -0.2) is 9.78 Å². The van der Waals surface area contributed by atoms with Gasteiger partial charge in [-0.15, -0.1) is 0 Å². The number of urea groups is 1. The van der Waals surface area contributed by atoms with E-state index in [2.05, 4.69) is 32.5 Å². The first-order chi connectivity index (χ1) is 13.1. The Morgan fingerprint density at radius 3 is 2.63 bits per heavy atom. The van der Waals surface area contributed by atoms with Crippen LogP contribution >= 0.6 is 11.6 Å². The van der Waals surface area contributed by atoms with Crippen molar-refractivity contribution >= 4 is 23.4 Å². The molecular formula is C20H26ClN5O. The number of piperazine rings is 1. The van der Waals surface area contributed by atoms with E-state index in [1.807, 2.05) is 42.6 Å². The molecule has 1 aliphatic rings. The number of benzene rings is 1. The summed E-state index contributed by atoms with van der Waals surface area (Å²) in [6.07, 6.45) is 2.58. The van der Waals surface area contributed by atoms with Crippen LogP contribution in [0.4, 0.5) is 10.6 Å². The number of nitrogens with one attached hydrogen (secondary N) is 2. The van der Waals surface area contributed by atoms with Crippen molar-refractivity contribution in [2.45, 2.75) is 13.0 Å². The summed E-state index contributed by atoms with van der Waals surface area (Å²) in [5, 5.41) is 6.44. The molecule has 0 saturated carbocycles. The number of anilines is 1. The molecule has 0 radical (unpaired) electrons. The monoisotopic (exact) mass is 387 g/mol. The summed E-state index contributed by atoms with van der Waals surface area (Å²) in [6, 6.07) is 11.5. The Hall–Kier alpha value is -2.31. The number of rotatable bonds is 6. The van der Waals surface area contributed by atoms with E-state index in [1.54, 1.807) is 0 Å². The van der Waals surface area contributed by atoms with Crippen LogP contribution in [0.1, 0.15) is 11.1 Å². The SMILES string of the molecule is CN1CCN(c2ccc(CNC(=O)NCCc3cccc(Cl)c3)cn2)CC1. The molecule has 0 atom stereocenters. The van der Waals surface area contributed by atoms with Crippen molar-refractivity contribution < 1.29 is 4.79 Å². The fourth-order valence-corrected chi connectivity index (χ4v) is 3.21. The quantitative estimate of drug-likeness (QED) is 0.799. The molecule has 6 nitrogen and oxygen atoms in total. The Labute approximate surface area is 165 Å². The molecule has 144 valence electrons. The zero-order valence-electron chi connectivity index (χ0n) is 15.6. The first-order valence-electron chi connectivity index (χ1n) is 9.25. The molecule has 1 fully saturated rings. The highest BCUT2D eigenvalue weighted by molar-refractivity contribution is 6.30. The van der Waals surface area contributed by atoms with Crippen molar-refractivity contribution in [3.63, 3.8) is 0 Å². The van der Waals surface area contributed by atoms with Gasteiger partial charge in [0.1, 0.15) is 5.82 Å². The minimum atomic E-state index is -0.180. The smallest absolute Gasteiger partial charge is 0.315 e. The molecule has 27 heavy (non-hydrogen) atoms. The summed E-state index contributed by atoms with van der Waals surface area (Å²) >= 11 is 5.96. The second-order valence-corrected chi connectivity index (χ2v) is 7.24. The number of carbonyl (C=O) groups excluding carboxylic acids is 1. The van der Waals surface area contributed by atoms with Gasteiger partial charge >= 0.3 is 6.03 Å². The van der Waals surface area contributed by atoms with Crippen LogP contribution in [0.2, 0.25) is 5.02 Å². The number of aromatic nitrogens is 1. The Morgan fingerprint density at radius 1 is 1.11 bits per heavy atom. The van der Waals surface area contributed by atoms with Crippen LogP contribution in [0.5, 0.6) is 0 Å². The van der Waals surface area contributed by atoms with Crippen molar-refractivity contribution in [3.05, 3.63) is 58.7 Å². The first-order valence-corrected chi connectivity index (χ1v) is 9.62. The van der Waals surface area contributed by atoms with Crippen LogP contribution in [0.3, 0.4) is 0 Å². The molecule has 7 heteroatoms. The van der Waals surface area contributed by atoms with Crippen molar-refractivity contribution in [3.8, 4) is 0 Å². The highest BCUT2D eigenvalue weighted by atomic mass is 35.5. The van der Waals surface area contributed by atoms with E-state index >= 15 is 0 Å². The average molecular weight is 388 g/mol. The number of hydrogen-bond donors (Lipinski definition) is 2. The molecule has 1 saturated heterocycles. The van der Waals surface area contributed by atoms with Crippen LogP contribution in [-0.2, 0) is 13.0 Å². The Kier molecular flexibility index (Phi) is 6.90. The molecule has 2 heterocycles. The second-order valence-electron chi connectivity index (χ2n) is 6.80. The molecule has 1 aromatic heterocycles. The van der Waals surface area contributed by atoms with Gasteiger partial charge in [-0.2, -0.15) is 0 Å². The standard InChI is InChI=1S/C20H26ClN5O/c1-25-9-11-26(12-10-25)19-6-5-17(14-23-19)15-24-20(27)22-8-7-16-3-2-4-18(21)13-16/h2-6,13-14H,7-12,15H2,1H3,(H2,22,24,27). The molecule has 0 spiro atoms. The van der Waals surface area contributed by atoms with Crippen molar-refractivity contribution in [1.29, 1.82) is 0 Å². The van der Waals surface area contributed by atoms with Crippen LogP contribution in [0.15, 0.2) is 42.6 Å². The van der Waals surface area contributed by atoms with Crippen molar-refractivity contribution in [2.75, 3.05) is 44.7 Å². The van der Waals surface area contributed by atoms with Crippen molar-refractivity contribution in [1.82, 2.24) is 20.5 Å². The van der Waals surface area contributed by atoms with E-state index in [0.717, 1.165) is 49.5 Å². The number of amides is 2. The number of pyridine rings is 1. The minimum absolute atomic E-state index is 0.180. The molecule has 0 unspecified atom stereocenters. The predicted molar refractivity (Wildman–Crippen MR) is 109 cm³/mol. The number of nitrogens with zero attached hydrogens (tertiary/aromatic N) is 3. The normalized spacial score (nSPS) is 14.8. The van der Waals surface area contributed by atoms with Gasteiger partial charge in [0, 0.05) is 50.5 Å². The fourth-order valence-electron chi connectivity index (χ4n) is 3.00. The van der Waals surface area contributed by atoms with E-state index in [0.29, 0.717) is 18.1 Å². The highest BCUT2D eigenvalue weighted by Crippen LogP contribution is 2.13. The zero-order valence-corrected chi connectivity index (χ0v) is 16.4. The number of carbonyl (C=O) groups is 1. The molecule has 0 bridgehead atoms. The maximum Gasteiger partial charge on any atom is 0.315 e. The van der Waals surface area contributed by atoms with E-state index in [4.69, 9.17) is 11.6 Å². The lowest BCUT2D eigenvalue weighted by Gasteiger charge is -2.33. The second kappa shape index (κ2) is 9.58. The summed E-state index contributed by atoms with van der Waals surface area (Å²) in [5.74, 6) is 0.998. The maximum atomic E-state index is 11.9. The summed E-state index contributed by atoms with van der Waals surface area (Å²) in [5.41, 5.74) is 2.09. The molecule has 1 aromatic carbocycles. The van der Waals surface area contributed by atoms with Gasteiger partial charge < -0.3 is 20.4 Å². The third kappa shape index (κ3) is 6.12. The summed E-state index contributed by atoms with van der Waals surface area (Å²) in [6.45, 7) is 5.12. The third-order valence-electron chi connectivity index (χ3n) is 4.68. The Morgan fingerprint density at radius 2 is 1.93 bits per heavy atom. The van der Waals surface area contributed by atoms with E-state index in [9.17, 15) is 4.79 Å². The van der Waals surface area contributed by atoms with E-state index in [1.165, 1.54) is 0 Å². The van der Waals surface area contributed by atoms with Crippen LogP contribution in [0.25, 0.3) is 0 Å². The zero-order chi connectivity index (χ0) is 19.1.